The van der Waals surface area contributed by atoms with Gasteiger partial charge in [0.25, 0.3) is 0 Å². The van der Waals surface area contributed by atoms with Crippen LogP contribution >= 0.6 is 11.3 Å². The van der Waals surface area contributed by atoms with Crippen LogP contribution < -0.4 is 5.73 Å². The molecular formula is C10H8FNO2S. The van der Waals surface area contributed by atoms with Crippen molar-refractivity contribution in [1.29, 1.82) is 0 Å². The smallest absolute Gasteiger partial charge is 0.350 e. The van der Waals surface area contributed by atoms with Gasteiger partial charge in [0, 0.05) is 5.39 Å². The molecule has 0 saturated carbocycles. The predicted octanol–water partition coefficient (Wildman–Crippen LogP) is 2.41. The third kappa shape index (κ3) is 1.45. The molecule has 0 radical (unpaired) electrons. The normalized spacial score (nSPS) is 10.5. The summed E-state index contributed by atoms with van der Waals surface area (Å²) in [6.45, 7) is 0. The monoisotopic (exact) mass is 225 g/mol. The fraction of sp³-hybridized carbons (Fsp3) is 0.100. The minimum absolute atomic E-state index is 0.248. The van der Waals surface area contributed by atoms with Crippen LogP contribution in [-0.4, -0.2) is 13.1 Å². The molecule has 0 aliphatic rings. The van der Waals surface area contributed by atoms with E-state index in [9.17, 15) is 9.18 Å². The fourth-order valence-electron chi connectivity index (χ4n) is 1.35. The number of benzene rings is 1. The van der Waals surface area contributed by atoms with E-state index >= 15 is 0 Å². The molecule has 0 amide bonds. The highest BCUT2D eigenvalue weighted by Crippen LogP contribution is 2.35. The number of anilines is 1. The van der Waals surface area contributed by atoms with Gasteiger partial charge in [-0.25, -0.2) is 9.18 Å². The zero-order valence-corrected chi connectivity index (χ0v) is 8.73. The molecule has 0 spiro atoms. The largest absolute Gasteiger partial charge is 0.465 e. The number of hydrogen-bond acceptors (Lipinski definition) is 4. The second kappa shape index (κ2) is 3.51. The van der Waals surface area contributed by atoms with Crippen molar-refractivity contribution in [2.75, 3.05) is 12.8 Å². The number of esters is 1. The molecule has 15 heavy (non-hydrogen) atoms. The molecule has 0 bridgehead atoms. The molecule has 0 aliphatic carbocycles. The minimum Gasteiger partial charge on any atom is -0.465 e. The zero-order valence-electron chi connectivity index (χ0n) is 7.91. The Kier molecular flexibility index (Phi) is 2.32. The number of carbonyl (C=O) groups is 1. The van der Waals surface area contributed by atoms with E-state index in [4.69, 9.17) is 5.73 Å². The molecule has 0 atom stereocenters. The predicted molar refractivity (Wildman–Crippen MR) is 57.5 cm³/mol. The fourth-order valence-corrected chi connectivity index (χ4v) is 2.39. The summed E-state index contributed by atoms with van der Waals surface area (Å²) in [6, 6.07) is 4.57. The van der Waals surface area contributed by atoms with Gasteiger partial charge in [-0.1, -0.05) is 12.1 Å². The van der Waals surface area contributed by atoms with Crippen LogP contribution in [0.5, 0.6) is 0 Å². The summed E-state index contributed by atoms with van der Waals surface area (Å²) in [4.78, 5) is 11.5. The standard InChI is InChI=1S/C10H8FNO2S/c1-14-10(13)9-7(12)5-3-2-4-6(11)8(5)15-9/h2-4H,12H2,1H3. The maximum Gasteiger partial charge on any atom is 0.350 e. The molecule has 0 unspecified atom stereocenters. The highest BCUT2D eigenvalue weighted by Gasteiger charge is 2.18. The highest BCUT2D eigenvalue weighted by atomic mass is 32.1. The van der Waals surface area contributed by atoms with Crippen LogP contribution in [0.4, 0.5) is 10.1 Å². The molecule has 2 N–H and O–H groups in total. The van der Waals surface area contributed by atoms with Crippen molar-refractivity contribution in [3.63, 3.8) is 0 Å². The second-order valence-corrected chi connectivity index (χ2v) is 3.97. The van der Waals surface area contributed by atoms with Crippen molar-refractivity contribution in [1.82, 2.24) is 0 Å². The second-order valence-electron chi connectivity index (χ2n) is 2.95. The Hall–Kier alpha value is -1.62. The van der Waals surface area contributed by atoms with Gasteiger partial charge in [0.2, 0.25) is 0 Å². The number of rotatable bonds is 1. The van der Waals surface area contributed by atoms with Crippen LogP contribution in [0.3, 0.4) is 0 Å². The third-order valence-electron chi connectivity index (χ3n) is 2.08. The summed E-state index contributed by atoms with van der Waals surface area (Å²) >= 11 is 1.01. The van der Waals surface area contributed by atoms with Crippen molar-refractivity contribution in [3.8, 4) is 0 Å². The number of nitrogens with two attached hydrogens (primary N) is 1. The summed E-state index contributed by atoms with van der Waals surface area (Å²) in [5, 5.41) is 0.556. The SMILES string of the molecule is COC(=O)c1sc2c(F)cccc2c1N. The Labute approximate surface area is 89.3 Å². The summed E-state index contributed by atoms with van der Waals surface area (Å²) in [6.07, 6.45) is 0. The van der Waals surface area contributed by atoms with Crippen LogP contribution in [-0.2, 0) is 4.74 Å². The molecule has 5 heteroatoms. The lowest BCUT2D eigenvalue weighted by atomic mass is 10.2. The van der Waals surface area contributed by atoms with Crippen molar-refractivity contribution in [2.45, 2.75) is 0 Å². The van der Waals surface area contributed by atoms with Crippen LogP contribution in [0.1, 0.15) is 9.67 Å². The zero-order chi connectivity index (χ0) is 11.0. The Morgan fingerprint density at radius 3 is 2.87 bits per heavy atom. The topological polar surface area (TPSA) is 52.3 Å². The van der Waals surface area contributed by atoms with Gasteiger partial charge in [0.15, 0.2) is 0 Å². The van der Waals surface area contributed by atoms with Gasteiger partial charge in [0.1, 0.15) is 10.7 Å². The number of thiophene rings is 1. The number of fused-ring (bicyclic) bond motifs is 1. The van der Waals surface area contributed by atoms with Crippen molar-refractivity contribution >= 4 is 33.1 Å². The van der Waals surface area contributed by atoms with E-state index in [0.717, 1.165) is 11.3 Å². The van der Waals surface area contributed by atoms with E-state index in [2.05, 4.69) is 4.74 Å². The number of nitrogen functional groups attached to an aromatic ring is 1. The lowest BCUT2D eigenvalue weighted by Crippen LogP contribution is -2.01. The average Bonchev–Trinajstić information content (AvgIpc) is 2.57. The summed E-state index contributed by atoms with van der Waals surface area (Å²) in [5.41, 5.74) is 6.01. The van der Waals surface area contributed by atoms with E-state index in [-0.39, 0.29) is 16.4 Å². The summed E-state index contributed by atoms with van der Waals surface area (Å²) in [7, 11) is 1.27. The average molecular weight is 225 g/mol. The summed E-state index contributed by atoms with van der Waals surface area (Å²) in [5.74, 6) is -0.910. The number of ether oxygens (including phenoxy) is 1. The van der Waals surface area contributed by atoms with E-state index in [1.807, 2.05) is 0 Å². The van der Waals surface area contributed by atoms with Gasteiger partial charge in [0.05, 0.1) is 17.5 Å². The van der Waals surface area contributed by atoms with Gasteiger partial charge in [-0.15, -0.1) is 11.3 Å². The van der Waals surface area contributed by atoms with E-state index in [1.54, 1.807) is 12.1 Å². The van der Waals surface area contributed by atoms with Crippen molar-refractivity contribution < 1.29 is 13.9 Å². The van der Waals surface area contributed by atoms with Gasteiger partial charge in [-0.3, -0.25) is 0 Å². The first-order valence-corrected chi connectivity index (χ1v) is 5.01. The highest BCUT2D eigenvalue weighted by molar-refractivity contribution is 7.21. The molecule has 1 heterocycles. The molecular weight excluding hydrogens is 217 g/mol. The van der Waals surface area contributed by atoms with Gasteiger partial charge in [-0.05, 0) is 6.07 Å². The minimum atomic E-state index is -0.534. The molecule has 1 aromatic heterocycles. The Bertz CT molecular complexity index is 535. The number of hydrogen-bond donors (Lipinski definition) is 1. The van der Waals surface area contributed by atoms with Crippen LogP contribution in [0.15, 0.2) is 18.2 Å². The quantitative estimate of drug-likeness (QED) is 0.758. The lowest BCUT2D eigenvalue weighted by molar-refractivity contribution is 0.0607. The number of halogens is 1. The first-order valence-electron chi connectivity index (χ1n) is 4.20. The third-order valence-corrected chi connectivity index (χ3v) is 3.29. The Morgan fingerprint density at radius 2 is 2.27 bits per heavy atom. The maximum absolute atomic E-state index is 13.3. The summed E-state index contributed by atoms with van der Waals surface area (Å²) < 4.78 is 18.3. The van der Waals surface area contributed by atoms with Crippen LogP contribution in [0, 0.1) is 5.82 Å². The first-order chi connectivity index (χ1) is 7.15. The maximum atomic E-state index is 13.3. The van der Waals surface area contributed by atoms with Gasteiger partial charge < -0.3 is 10.5 Å². The van der Waals surface area contributed by atoms with Crippen LogP contribution in [0.25, 0.3) is 10.1 Å². The molecule has 0 fully saturated rings. The Balaban J connectivity index is 2.75. The molecule has 1 aromatic carbocycles. The first kappa shape index (κ1) is 9.92. The molecule has 2 rings (SSSR count). The lowest BCUT2D eigenvalue weighted by Gasteiger charge is -1.95. The molecule has 3 nitrogen and oxygen atoms in total. The molecule has 0 aliphatic heterocycles. The van der Waals surface area contributed by atoms with E-state index in [1.165, 1.54) is 13.2 Å². The van der Waals surface area contributed by atoms with Crippen molar-refractivity contribution in [3.05, 3.63) is 28.9 Å². The van der Waals surface area contributed by atoms with E-state index in [0.29, 0.717) is 10.1 Å². The number of carbonyl (C=O) groups excluding carboxylic acids is 1. The Morgan fingerprint density at radius 1 is 1.53 bits per heavy atom. The molecule has 2 aromatic rings. The van der Waals surface area contributed by atoms with Crippen LogP contribution in [0.2, 0.25) is 0 Å². The van der Waals surface area contributed by atoms with Gasteiger partial charge in [-0.2, -0.15) is 0 Å². The van der Waals surface area contributed by atoms with Gasteiger partial charge >= 0.3 is 5.97 Å². The van der Waals surface area contributed by atoms with Crippen molar-refractivity contribution in [2.24, 2.45) is 0 Å². The number of methoxy groups -OCH3 is 1. The molecule has 78 valence electrons. The van der Waals surface area contributed by atoms with E-state index < -0.39 is 5.97 Å². The molecule has 0 saturated heterocycles.